The number of aromatic nitrogens is 3. The van der Waals surface area contributed by atoms with E-state index in [2.05, 4.69) is 49.6 Å². The molecule has 0 unspecified atom stereocenters. The molecule has 24 heavy (non-hydrogen) atoms. The Morgan fingerprint density at radius 1 is 1.29 bits per heavy atom. The van der Waals surface area contributed by atoms with Gasteiger partial charge in [-0.2, -0.15) is 4.98 Å². The average Bonchev–Trinajstić information content (AvgIpc) is 3.22. The molecule has 3 aromatic rings. The first-order valence-electron chi connectivity index (χ1n) is 8.34. The van der Waals surface area contributed by atoms with Gasteiger partial charge in [0.2, 0.25) is 5.95 Å². The monoisotopic (exact) mass is 323 g/mol. The van der Waals surface area contributed by atoms with E-state index in [1.165, 1.54) is 16.5 Å². The number of para-hydroxylation sites is 1. The molecule has 0 radical (unpaired) electrons. The number of nitrogens with one attached hydrogen (secondary N) is 2. The van der Waals surface area contributed by atoms with Crippen molar-refractivity contribution in [2.75, 3.05) is 29.9 Å². The van der Waals surface area contributed by atoms with E-state index in [0.29, 0.717) is 12.5 Å². The van der Waals surface area contributed by atoms with Gasteiger partial charge in [0.1, 0.15) is 5.82 Å². The summed E-state index contributed by atoms with van der Waals surface area (Å²) in [5, 5.41) is 14.2. The normalized spacial score (nSPS) is 17.5. The Bertz CT molecular complexity index is 831. The summed E-state index contributed by atoms with van der Waals surface area (Å²) in [6.45, 7) is 2.26. The van der Waals surface area contributed by atoms with Gasteiger partial charge in [-0.25, -0.2) is 4.98 Å². The highest BCUT2D eigenvalue weighted by Gasteiger charge is 2.21. The summed E-state index contributed by atoms with van der Waals surface area (Å²) in [5.74, 6) is 1.50. The molecule has 1 aromatic carbocycles. The van der Waals surface area contributed by atoms with Crippen molar-refractivity contribution in [1.29, 1.82) is 0 Å². The Labute approximate surface area is 140 Å². The lowest BCUT2D eigenvalue weighted by molar-refractivity contribution is 0.198. The van der Waals surface area contributed by atoms with E-state index >= 15 is 0 Å². The highest BCUT2D eigenvalue weighted by molar-refractivity contribution is 5.83. The molecule has 0 aliphatic carbocycles. The van der Waals surface area contributed by atoms with Gasteiger partial charge >= 0.3 is 0 Å². The number of fused-ring (bicyclic) bond motifs is 1. The zero-order valence-corrected chi connectivity index (χ0v) is 13.4. The molecule has 3 heterocycles. The third-order valence-electron chi connectivity index (χ3n) is 4.48. The van der Waals surface area contributed by atoms with Crippen LogP contribution in [0.3, 0.4) is 0 Å². The van der Waals surface area contributed by atoms with E-state index < -0.39 is 0 Å². The van der Waals surface area contributed by atoms with Gasteiger partial charge in [-0.1, -0.05) is 18.2 Å². The van der Waals surface area contributed by atoms with Crippen molar-refractivity contribution in [2.45, 2.75) is 18.9 Å². The highest BCUT2D eigenvalue weighted by Crippen LogP contribution is 2.20. The lowest BCUT2D eigenvalue weighted by Gasteiger charge is -2.17. The summed E-state index contributed by atoms with van der Waals surface area (Å²) < 4.78 is 0. The van der Waals surface area contributed by atoms with Crippen LogP contribution in [-0.2, 0) is 6.42 Å². The second kappa shape index (κ2) is 6.49. The molecule has 1 saturated heterocycles. The maximum absolute atomic E-state index is 9.66. The van der Waals surface area contributed by atoms with E-state index in [1.54, 1.807) is 6.20 Å². The molecule has 1 aliphatic rings. The second-order valence-corrected chi connectivity index (χ2v) is 6.16. The number of aromatic amines is 1. The predicted molar refractivity (Wildman–Crippen MR) is 95.4 cm³/mol. The quantitative estimate of drug-likeness (QED) is 0.671. The topological polar surface area (TPSA) is 77.1 Å². The Morgan fingerprint density at radius 3 is 3.08 bits per heavy atom. The van der Waals surface area contributed by atoms with Crippen LogP contribution in [-0.4, -0.2) is 45.8 Å². The van der Waals surface area contributed by atoms with Gasteiger partial charge in [-0.05, 0) is 30.5 Å². The molecule has 6 nitrogen and oxygen atoms in total. The van der Waals surface area contributed by atoms with E-state index in [4.69, 9.17) is 0 Å². The Hall–Kier alpha value is -2.60. The van der Waals surface area contributed by atoms with Crippen molar-refractivity contribution in [2.24, 2.45) is 0 Å². The number of H-pyrrole nitrogens is 1. The fraction of sp³-hybridized carbons (Fsp3) is 0.333. The number of aliphatic hydroxyl groups is 1. The molecule has 2 aromatic heterocycles. The van der Waals surface area contributed by atoms with Crippen LogP contribution in [0.2, 0.25) is 0 Å². The van der Waals surface area contributed by atoms with E-state index in [9.17, 15) is 5.11 Å². The van der Waals surface area contributed by atoms with Crippen LogP contribution in [0.15, 0.2) is 42.7 Å². The molecule has 1 atom stereocenters. The number of anilines is 2. The van der Waals surface area contributed by atoms with Gasteiger partial charge in [0, 0.05) is 42.9 Å². The Balaban J connectivity index is 1.39. The number of nitrogens with zero attached hydrogens (tertiary/aromatic N) is 3. The third kappa shape index (κ3) is 3.05. The summed E-state index contributed by atoms with van der Waals surface area (Å²) in [6, 6.07) is 10.2. The number of rotatable bonds is 5. The largest absolute Gasteiger partial charge is 0.391 e. The third-order valence-corrected chi connectivity index (χ3v) is 4.48. The van der Waals surface area contributed by atoms with Crippen LogP contribution in [0, 0.1) is 0 Å². The molecule has 0 amide bonds. The van der Waals surface area contributed by atoms with Crippen LogP contribution >= 0.6 is 0 Å². The molecule has 0 saturated carbocycles. The Kier molecular flexibility index (Phi) is 4.04. The van der Waals surface area contributed by atoms with Crippen LogP contribution in [0.1, 0.15) is 12.0 Å². The van der Waals surface area contributed by atoms with Crippen molar-refractivity contribution in [3.05, 3.63) is 48.3 Å². The van der Waals surface area contributed by atoms with Crippen LogP contribution in [0.25, 0.3) is 10.9 Å². The summed E-state index contributed by atoms with van der Waals surface area (Å²) in [6.07, 6.45) is 5.28. The minimum Gasteiger partial charge on any atom is -0.391 e. The molecule has 3 N–H and O–H groups in total. The van der Waals surface area contributed by atoms with Gasteiger partial charge in [0.05, 0.1) is 6.10 Å². The highest BCUT2D eigenvalue weighted by atomic mass is 16.3. The van der Waals surface area contributed by atoms with E-state index in [-0.39, 0.29) is 6.10 Å². The second-order valence-electron chi connectivity index (χ2n) is 6.16. The Morgan fingerprint density at radius 2 is 2.21 bits per heavy atom. The van der Waals surface area contributed by atoms with Crippen molar-refractivity contribution >= 4 is 22.7 Å². The van der Waals surface area contributed by atoms with Crippen LogP contribution in [0.5, 0.6) is 0 Å². The first-order valence-corrected chi connectivity index (χ1v) is 8.34. The molecular formula is C18H21N5O. The first-order chi connectivity index (χ1) is 11.8. The molecule has 0 bridgehead atoms. The standard InChI is InChI=1S/C18H21N5O/c24-14-7-10-23(12-14)17-6-9-20-18(22-17)19-8-5-13-11-21-16-4-2-1-3-15(13)16/h1-4,6,9,11,14,21,24H,5,7-8,10,12H2,(H,19,20,22)/t14-/m1/s1. The summed E-state index contributed by atoms with van der Waals surface area (Å²) >= 11 is 0. The van der Waals surface area contributed by atoms with E-state index in [1.807, 2.05) is 12.1 Å². The number of hydrogen-bond acceptors (Lipinski definition) is 5. The zero-order chi connectivity index (χ0) is 16.4. The molecule has 4 rings (SSSR count). The smallest absolute Gasteiger partial charge is 0.224 e. The van der Waals surface area contributed by atoms with Gasteiger partial charge < -0.3 is 20.3 Å². The zero-order valence-electron chi connectivity index (χ0n) is 13.4. The van der Waals surface area contributed by atoms with Crippen LogP contribution < -0.4 is 10.2 Å². The fourth-order valence-electron chi connectivity index (χ4n) is 3.21. The lowest BCUT2D eigenvalue weighted by atomic mass is 10.1. The first kappa shape index (κ1) is 15.0. The van der Waals surface area contributed by atoms with Crippen LogP contribution in [0.4, 0.5) is 11.8 Å². The molecule has 1 aliphatic heterocycles. The molecule has 1 fully saturated rings. The number of aliphatic hydroxyl groups excluding tert-OH is 1. The number of hydrogen-bond donors (Lipinski definition) is 3. The number of β-amino-alcohol motifs (C(OH)–C–C–N with tert-alkyl or cyclic N) is 1. The minimum absolute atomic E-state index is 0.252. The minimum atomic E-state index is -0.252. The molecule has 6 heteroatoms. The predicted octanol–water partition coefficient (Wildman–Crippen LogP) is 2.18. The maximum atomic E-state index is 9.66. The van der Waals surface area contributed by atoms with Crippen molar-refractivity contribution in [3.63, 3.8) is 0 Å². The van der Waals surface area contributed by atoms with Crippen molar-refractivity contribution in [1.82, 2.24) is 15.0 Å². The van der Waals surface area contributed by atoms with Gasteiger partial charge in [0.15, 0.2) is 0 Å². The lowest BCUT2D eigenvalue weighted by Crippen LogP contribution is -2.22. The average molecular weight is 323 g/mol. The summed E-state index contributed by atoms with van der Waals surface area (Å²) in [4.78, 5) is 14.2. The van der Waals surface area contributed by atoms with Gasteiger partial charge in [0.25, 0.3) is 0 Å². The van der Waals surface area contributed by atoms with Crippen molar-refractivity contribution < 1.29 is 5.11 Å². The summed E-state index contributed by atoms with van der Waals surface area (Å²) in [7, 11) is 0. The van der Waals surface area contributed by atoms with E-state index in [0.717, 1.165) is 31.7 Å². The summed E-state index contributed by atoms with van der Waals surface area (Å²) in [5.41, 5.74) is 2.45. The molecule has 0 spiro atoms. The maximum Gasteiger partial charge on any atom is 0.224 e. The SMILES string of the molecule is O[C@@H]1CCN(c2ccnc(NCCc3c[nH]c4ccccc34)n2)C1. The van der Waals surface area contributed by atoms with Crippen molar-refractivity contribution in [3.8, 4) is 0 Å². The molecule has 124 valence electrons. The molecular weight excluding hydrogens is 302 g/mol. The van der Waals surface area contributed by atoms with Gasteiger partial charge in [-0.15, -0.1) is 0 Å². The van der Waals surface area contributed by atoms with Gasteiger partial charge in [-0.3, -0.25) is 0 Å². The number of benzene rings is 1. The fourth-order valence-corrected chi connectivity index (χ4v) is 3.21.